The second kappa shape index (κ2) is 5.48. The number of rotatable bonds is 5. The maximum Gasteiger partial charge on any atom is 0.371 e. The van der Waals surface area contributed by atoms with Gasteiger partial charge >= 0.3 is 5.97 Å². The molecule has 0 saturated carbocycles. The van der Waals surface area contributed by atoms with Gasteiger partial charge in [-0.2, -0.15) is 0 Å². The molecule has 2 aromatic rings. The van der Waals surface area contributed by atoms with E-state index in [0.29, 0.717) is 11.5 Å². The van der Waals surface area contributed by atoms with Crippen LogP contribution in [0.25, 0.3) is 0 Å². The lowest BCUT2D eigenvalue weighted by Crippen LogP contribution is -2.05. The molecule has 0 fully saturated rings. The first-order chi connectivity index (χ1) is 9.58. The van der Waals surface area contributed by atoms with Crippen molar-refractivity contribution >= 4 is 11.8 Å². The van der Waals surface area contributed by atoms with Gasteiger partial charge in [-0.15, -0.1) is 0 Å². The highest BCUT2D eigenvalue weighted by atomic mass is 16.5. The Labute approximate surface area is 114 Å². The predicted octanol–water partition coefficient (Wildman–Crippen LogP) is 2.23. The second-order valence-corrected chi connectivity index (χ2v) is 3.84. The lowest BCUT2D eigenvalue weighted by atomic mass is 10.1. The fourth-order valence-electron chi connectivity index (χ4n) is 1.77. The van der Waals surface area contributed by atoms with Gasteiger partial charge in [0.1, 0.15) is 17.1 Å². The third-order valence-electron chi connectivity index (χ3n) is 2.70. The Bertz CT molecular complexity index is 633. The van der Waals surface area contributed by atoms with Gasteiger partial charge in [0.15, 0.2) is 5.76 Å². The van der Waals surface area contributed by atoms with Crippen molar-refractivity contribution in [2.24, 2.45) is 0 Å². The van der Waals surface area contributed by atoms with Crippen LogP contribution < -0.4 is 9.47 Å². The zero-order chi connectivity index (χ0) is 14.7. The molecule has 0 saturated heterocycles. The molecule has 20 heavy (non-hydrogen) atoms. The normalized spacial score (nSPS) is 10.1. The summed E-state index contributed by atoms with van der Waals surface area (Å²) in [5.41, 5.74) is 0.184. The molecule has 6 heteroatoms. The molecular formula is C14H12O6. The molecule has 0 radical (unpaired) electrons. The average Bonchev–Trinajstić information content (AvgIpc) is 2.95. The first kappa shape index (κ1) is 13.7. The van der Waals surface area contributed by atoms with E-state index in [4.69, 9.17) is 19.0 Å². The monoisotopic (exact) mass is 276 g/mol. The molecule has 0 unspecified atom stereocenters. The van der Waals surface area contributed by atoms with Crippen molar-refractivity contribution < 1.29 is 28.6 Å². The summed E-state index contributed by atoms with van der Waals surface area (Å²) in [4.78, 5) is 23.2. The van der Waals surface area contributed by atoms with Crippen molar-refractivity contribution in [1.82, 2.24) is 0 Å². The van der Waals surface area contributed by atoms with Crippen molar-refractivity contribution in [3.8, 4) is 11.5 Å². The van der Waals surface area contributed by atoms with E-state index in [1.807, 2.05) is 0 Å². The Balaban J connectivity index is 2.49. The summed E-state index contributed by atoms with van der Waals surface area (Å²) in [5, 5.41) is 8.80. The van der Waals surface area contributed by atoms with E-state index in [2.05, 4.69) is 0 Å². The molecule has 1 heterocycles. The Kier molecular flexibility index (Phi) is 3.74. The van der Waals surface area contributed by atoms with Crippen LogP contribution in [0.1, 0.15) is 26.7 Å². The number of carboxylic acids is 1. The summed E-state index contributed by atoms with van der Waals surface area (Å²) in [7, 11) is 2.85. The van der Waals surface area contributed by atoms with Crippen LogP contribution in [0.2, 0.25) is 0 Å². The molecular weight excluding hydrogens is 264 g/mol. The zero-order valence-corrected chi connectivity index (χ0v) is 10.9. The number of aromatic carboxylic acids is 1. The van der Waals surface area contributed by atoms with E-state index in [9.17, 15) is 9.59 Å². The van der Waals surface area contributed by atoms with Gasteiger partial charge in [-0.05, 0) is 24.3 Å². The molecule has 0 aliphatic heterocycles. The molecule has 1 aromatic heterocycles. The lowest BCUT2D eigenvalue weighted by molar-refractivity contribution is 0.0660. The standard InChI is InChI=1S/C14H12O6/c1-18-8-4-3-5-9(19-2)12(8)13(15)10-6-7-11(20-10)14(16)17/h3-7H,1-2H3,(H,16,17). The Morgan fingerprint density at radius 3 is 2.00 bits per heavy atom. The van der Waals surface area contributed by atoms with Crippen LogP contribution in [-0.2, 0) is 0 Å². The highest BCUT2D eigenvalue weighted by molar-refractivity contribution is 6.11. The molecule has 2 rings (SSSR count). The summed E-state index contributed by atoms with van der Waals surface area (Å²) in [6.07, 6.45) is 0. The summed E-state index contributed by atoms with van der Waals surface area (Å²) >= 11 is 0. The molecule has 0 spiro atoms. The van der Waals surface area contributed by atoms with E-state index < -0.39 is 11.8 Å². The maximum absolute atomic E-state index is 12.4. The van der Waals surface area contributed by atoms with Crippen molar-refractivity contribution in [3.05, 3.63) is 47.4 Å². The smallest absolute Gasteiger partial charge is 0.371 e. The van der Waals surface area contributed by atoms with Gasteiger partial charge in [0, 0.05) is 0 Å². The molecule has 0 aliphatic carbocycles. The van der Waals surface area contributed by atoms with Gasteiger partial charge < -0.3 is 19.0 Å². The highest BCUT2D eigenvalue weighted by Crippen LogP contribution is 2.31. The summed E-state index contributed by atoms with van der Waals surface area (Å²) in [6, 6.07) is 7.42. The number of hydrogen-bond acceptors (Lipinski definition) is 5. The van der Waals surface area contributed by atoms with Crippen LogP contribution >= 0.6 is 0 Å². The second-order valence-electron chi connectivity index (χ2n) is 3.84. The molecule has 104 valence electrons. The molecule has 0 aliphatic rings. The van der Waals surface area contributed by atoms with Gasteiger partial charge in [0.05, 0.1) is 14.2 Å². The summed E-state index contributed by atoms with van der Waals surface area (Å²) in [6.45, 7) is 0. The highest BCUT2D eigenvalue weighted by Gasteiger charge is 2.23. The van der Waals surface area contributed by atoms with Gasteiger partial charge in [-0.25, -0.2) is 4.79 Å². The van der Waals surface area contributed by atoms with E-state index in [1.165, 1.54) is 26.4 Å². The number of hydrogen-bond donors (Lipinski definition) is 1. The first-order valence-electron chi connectivity index (χ1n) is 5.67. The first-order valence-corrected chi connectivity index (χ1v) is 5.67. The van der Waals surface area contributed by atoms with Crippen molar-refractivity contribution in [3.63, 3.8) is 0 Å². The largest absolute Gasteiger partial charge is 0.496 e. The van der Waals surface area contributed by atoms with E-state index in [0.717, 1.165) is 0 Å². The number of carboxylic acid groups (broad SMARTS) is 1. The van der Waals surface area contributed by atoms with Gasteiger partial charge in [-0.3, -0.25) is 4.79 Å². The van der Waals surface area contributed by atoms with Crippen molar-refractivity contribution in [1.29, 1.82) is 0 Å². The average molecular weight is 276 g/mol. The number of carbonyl (C=O) groups is 2. The quantitative estimate of drug-likeness (QED) is 0.843. The van der Waals surface area contributed by atoms with Crippen LogP contribution in [0.4, 0.5) is 0 Å². The minimum Gasteiger partial charge on any atom is -0.496 e. The van der Waals surface area contributed by atoms with Crippen LogP contribution in [0.15, 0.2) is 34.7 Å². The van der Waals surface area contributed by atoms with Gasteiger partial charge in [-0.1, -0.05) is 6.07 Å². The van der Waals surface area contributed by atoms with Gasteiger partial charge in [0.25, 0.3) is 0 Å². The Hall–Kier alpha value is -2.76. The van der Waals surface area contributed by atoms with E-state index in [-0.39, 0.29) is 17.1 Å². The van der Waals surface area contributed by atoms with Crippen molar-refractivity contribution in [2.75, 3.05) is 14.2 Å². The maximum atomic E-state index is 12.4. The SMILES string of the molecule is COc1cccc(OC)c1C(=O)c1ccc(C(=O)O)o1. The number of methoxy groups -OCH3 is 2. The van der Waals surface area contributed by atoms with Crippen LogP contribution in [-0.4, -0.2) is 31.1 Å². The Morgan fingerprint density at radius 2 is 1.55 bits per heavy atom. The zero-order valence-electron chi connectivity index (χ0n) is 10.9. The molecule has 0 amide bonds. The molecule has 1 N–H and O–H groups in total. The minimum atomic E-state index is -1.24. The van der Waals surface area contributed by atoms with Crippen LogP contribution in [0, 0.1) is 0 Å². The molecule has 0 bridgehead atoms. The van der Waals surface area contributed by atoms with E-state index in [1.54, 1.807) is 18.2 Å². The molecule has 6 nitrogen and oxygen atoms in total. The molecule has 1 aromatic carbocycles. The number of benzene rings is 1. The van der Waals surface area contributed by atoms with Gasteiger partial charge in [0.2, 0.25) is 11.5 Å². The Morgan fingerprint density at radius 1 is 1.00 bits per heavy atom. The fourth-order valence-corrected chi connectivity index (χ4v) is 1.77. The van der Waals surface area contributed by atoms with E-state index >= 15 is 0 Å². The fraction of sp³-hybridized carbons (Fsp3) is 0.143. The number of ketones is 1. The summed E-state index contributed by atoms with van der Waals surface area (Å²) in [5.74, 6) is -1.50. The van der Waals surface area contributed by atoms with Crippen LogP contribution in [0.3, 0.4) is 0 Å². The minimum absolute atomic E-state index is 0.0924. The third-order valence-corrected chi connectivity index (χ3v) is 2.70. The topological polar surface area (TPSA) is 86.0 Å². The summed E-state index contributed by atoms with van der Waals surface area (Å²) < 4.78 is 15.3. The lowest BCUT2D eigenvalue weighted by Gasteiger charge is -2.10. The molecule has 0 atom stereocenters. The number of carbonyl (C=O) groups excluding carboxylic acids is 1. The predicted molar refractivity (Wildman–Crippen MR) is 68.6 cm³/mol. The number of ether oxygens (including phenoxy) is 2. The third kappa shape index (κ3) is 2.35. The van der Waals surface area contributed by atoms with Crippen molar-refractivity contribution in [2.45, 2.75) is 0 Å². The van der Waals surface area contributed by atoms with Crippen LogP contribution in [0.5, 0.6) is 11.5 Å². The number of furan rings is 1.